The number of nitrogens with two attached hydrogens (primary N) is 1. The smallest absolute Gasteiger partial charge is 0.340 e. The lowest BCUT2D eigenvalue weighted by Crippen LogP contribution is -2.11. The van der Waals surface area contributed by atoms with Gasteiger partial charge in [0.25, 0.3) is 6.29 Å². The highest BCUT2D eigenvalue weighted by molar-refractivity contribution is 5.96. The van der Waals surface area contributed by atoms with E-state index >= 15 is 0 Å². The van der Waals surface area contributed by atoms with Crippen molar-refractivity contribution in [1.82, 2.24) is 0 Å². The first-order valence-corrected chi connectivity index (χ1v) is 5.86. The lowest BCUT2D eigenvalue weighted by atomic mass is 10.0. The van der Waals surface area contributed by atoms with Gasteiger partial charge in [0.05, 0.1) is 12.2 Å². The summed E-state index contributed by atoms with van der Waals surface area (Å²) in [5.74, 6) is -0.457. The Labute approximate surface area is 111 Å². The average molecular weight is 261 g/mol. The van der Waals surface area contributed by atoms with E-state index in [-0.39, 0.29) is 0 Å². The molecule has 1 aliphatic heterocycles. The van der Waals surface area contributed by atoms with Crippen LogP contribution in [0.15, 0.2) is 31.2 Å². The molecule has 0 radical (unpaired) electrons. The van der Waals surface area contributed by atoms with E-state index in [4.69, 9.17) is 19.9 Å². The van der Waals surface area contributed by atoms with Gasteiger partial charge in [-0.2, -0.15) is 0 Å². The molecule has 2 N–H and O–H groups in total. The van der Waals surface area contributed by atoms with Gasteiger partial charge in [0, 0.05) is 11.3 Å². The predicted molar refractivity (Wildman–Crippen MR) is 71.0 cm³/mol. The number of carbonyl (C=O) groups excluding carboxylic acids is 1. The molecule has 2 rings (SSSR count). The van der Waals surface area contributed by atoms with Gasteiger partial charge in [0.2, 0.25) is 0 Å². The molecule has 5 nitrogen and oxygen atoms in total. The Kier molecular flexibility index (Phi) is 3.75. The Balaban J connectivity index is 2.39. The van der Waals surface area contributed by atoms with Gasteiger partial charge in [-0.05, 0) is 24.6 Å². The summed E-state index contributed by atoms with van der Waals surface area (Å²) >= 11 is 0. The molecule has 0 aliphatic carbocycles. The minimum Gasteiger partial charge on any atom is -0.462 e. The van der Waals surface area contributed by atoms with Crippen LogP contribution in [0.1, 0.15) is 34.7 Å². The first kappa shape index (κ1) is 13.0. The second-order valence-corrected chi connectivity index (χ2v) is 3.87. The van der Waals surface area contributed by atoms with Gasteiger partial charge < -0.3 is 19.9 Å². The van der Waals surface area contributed by atoms with Crippen molar-refractivity contribution in [3.05, 3.63) is 47.9 Å². The summed E-state index contributed by atoms with van der Waals surface area (Å²) in [7, 11) is 0. The predicted octanol–water partition coefficient (Wildman–Crippen LogP) is 2.61. The number of hydrogen-bond donors (Lipinski definition) is 1. The van der Waals surface area contributed by atoms with Crippen molar-refractivity contribution in [2.75, 3.05) is 12.3 Å². The molecule has 0 unspecified atom stereocenters. The zero-order valence-electron chi connectivity index (χ0n) is 10.6. The number of carbonyl (C=O) groups is 1. The number of ether oxygens (including phenoxy) is 3. The third-order valence-electron chi connectivity index (χ3n) is 2.68. The highest BCUT2D eigenvalue weighted by atomic mass is 16.7. The maximum Gasteiger partial charge on any atom is 0.340 e. The van der Waals surface area contributed by atoms with Crippen LogP contribution in [0.2, 0.25) is 0 Å². The first-order chi connectivity index (χ1) is 9.17. The van der Waals surface area contributed by atoms with Gasteiger partial charge in [-0.1, -0.05) is 12.7 Å². The van der Waals surface area contributed by atoms with Crippen molar-refractivity contribution in [2.45, 2.75) is 13.2 Å². The molecule has 0 bridgehead atoms. The van der Waals surface area contributed by atoms with Gasteiger partial charge in [0.1, 0.15) is 12.5 Å². The Morgan fingerprint density at radius 3 is 2.74 bits per heavy atom. The number of anilines is 1. The lowest BCUT2D eigenvalue weighted by molar-refractivity contribution is -0.0247. The highest BCUT2D eigenvalue weighted by Crippen LogP contribution is 2.31. The maximum atomic E-state index is 11.8. The molecule has 0 saturated carbocycles. The molecule has 100 valence electrons. The number of esters is 1. The normalized spacial score (nSPS) is 13.7. The number of rotatable bonds is 4. The molecule has 0 aromatic heterocycles. The topological polar surface area (TPSA) is 70.8 Å². The monoisotopic (exact) mass is 261 g/mol. The van der Waals surface area contributed by atoms with Crippen LogP contribution >= 0.6 is 0 Å². The molecular formula is C14H15NO4. The van der Waals surface area contributed by atoms with Gasteiger partial charge in [-0.25, -0.2) is 4.79 Å². The number of nitrogen functional groups attached to an aromatic ring is 1. The average Bonchev–Trinajstić information content (AvgIpc) is 2.92. The van der Waals surface area contributed by atoms with Crippen LogP contribution in [-0.2, 0) is 14.2 Å². The minimum absolute atomic E-state index is 0.294. The highest BCUT2D eigenvalue weighted by Gasteiger charge is 2.22. The molecule has 1 aromatic rings. The fourth-order valence-electron chi connectivity index (χ4n) is 1.80. The van der Waals surface area contributed by atoms with Gasteiger partial charge in [-0.3, -0.25) is 0 Å². The third-order valence-corrected chi connectivity index (χ3v) is 2.68. The van der Waals surface area contributed by atoms with Crippen molar-refractivity contribution in [3.8, 4) is 0 Å². The molecule has 0 spiro atoms. The Morgan fingerprint density at radius 2 is 2.16 bits per heavy atom. The minimum atomic E-state index is -0.563. The van der Waals surface area contributed by atoms with E-state index in [1.807, 2.05) is 0 Å². The Hall–Kier alpha value is -2.43. The Morgan fingerprint density at radius 1 is 1.47 bits per heavy atom. The molecule has 1 heterocycles. The summed E-state index contributed by atoms with van der Waals surface area (Å²) in [6.07, 6.45) is 3.95. The van der Waals surface area contributed by atoms with Gasteiger partial charge in [-0.15, -0.1) is 0 Å². The summed E-state index contributed by atoms with van der Waals surface area (Å²) in [6, 6.07) is 3.27. The van der Waals surface area contributed by atoms with Crippen molar-refractivity contribution in [3.63, 3.8) is 0 Å². The first-order valence-electron chi connectivity index (χ1n) is 5.86. The van der Waals surface area contributed by atoms with Gasteiger partial charge in [0.15, 0.2) is 0 Å². The van der Waals surface area contributed by atoms with Crippen molar-refractivity contribution < 1.29 is 19.0 Å². The fourth-order valence-corrected chi connectivity index (χ4v) is 1.80. The molecule has 0 saturated heterocycles. The molecule has 0 amide bonds. The van der Waals surface area contributed by atoms with Crippen molar-refractivity contribution in [1.29, 1.82) is 0 Å². The fraction of sp³-hybridized carbons (Fsp3) is 0.214. The number of hydrogen-bond acceptors (Lipinski definition) is 5. The van der Waals surface area contributed by atoms with E-state index in [2.05, 4.69) is 6.58 Å². The van der Waals surface area contributed by atoms with Crippen LogP contribution in [0.3, 0.4) is 0 Å². The summed E-state index contributed by atoms with van der Waals surface area (Å²) in [5, 5.41) is 0. The van der Waals surface area contributed by atoms with Crippen LogP contribution in [0.25, 0.3) is 6.08 Å². The van der Waals surface area contributed by atoms with Gasteiger partial charge >= 0.3 is 5.97 Å². The summed E-state index contributed by atoms with van der Waals surface area (Å²) in [5.41, 5.74) is 7.93. The van der Waals surface area contributed by atoms with Crippen molar-refractivity contribution >= 4 is 17.7 Å². The molecule has 0 atom stereocenters. The SMILES string of the molecule is C=Cc1cc(C(=O)OCC)c(N)cc1C1OC=CO1. The third kappa shape index (κ3) is 2.54. The van der Waals surface area contributed by atoms with Crippen LogP contribution < -0.4 is 5.73 Å². The molecule has 19 heavy (non-hydrogen) atoms. The van der Waals surface area contributed by atoms with Crippen LogP contribution in [-0.4, -0.2) is 12.6 Å². The molecule has 1 aliphatic rings. The molecule has 5 heteroatoms. The standard InChI is InChI=1S/C14H15NO4/c1-3-9-7-11(13(16)17-4-2)12(15)8-10(9)14-18-5-6-19-14/h3,5-8,14H,1,4,15H2,2H3. The zero-order valence-corrected chi connectivity index (χ0v) is 10.6. The van der Waals surface area contributed by atoms with E-state index in [9.17, 15) is 4.79 Å². The van der Waals surface area contributed by atoms with E-state index in [1.54, 1.807) is 25.1 Å². The maximum absolute atomic E-state index is 11.8. The molecule has 1 aromatic carbocycles. The van der Waals surface area contributed by atoms with E-state index in [1.165, 1.54) is 12.5 Å². The van der Waals surface area contributed by atoms with Crippen LogP contribution in [0.5, 0.6) is 0 Å². The van der Waals surface area contributed by atoms with E-state index in [0.29, 0.717) is 29.0 Å². The number of benzene rings is 1. The summed E-state index contributed by atoms with van der Waals surface area (Å²) < 4.78 is 15.5. The summed E-state index contributed by atoms with van der Waals surface area (Å²) in [6.45, 7) is 5.75. The summed E-state index contributed by atoms with van der Waals surface area (Å²) in [4.78, 5) is 11.8. The molecular weight excluding hydrogens is 246 g/mol. The zero-order chi connectivity index (χ0) is 13.8. The quantitative estimate of drug-likeness (QED) is 0.666. The van der Waals surface area contributed by atoms with E-state index < -0.39 is 12.3 Å². The second-order valence-electron chi connectivity index (χ2n) is 3.87. The largest absolute Gasteiger partial charge is 0.462 e. The van der Waals surface area contributed by atoms with E-state index in [0.717, 1.165) is 0 Å². The second kappa shape index (κ2) is 5.48. The van der Waals surface area contributed by atoms with Crippen LogP contribution in [0, 0.1) is 0 Å². The van der Waals surface area contributed by atoms with Crippen molar-refractivity contribution in [2.24, 2.45) is 0 Å². The lowest BCUT2D eigenvalue weighted by Gasteiger charge is -2.16. The van der Waals surface area contributed by atoms with Crippen LogP contribution in [0.4, 0.5) is 5.69 Å². The Bertz CT molecular complexity index is 528. The molecule has 0 fully saturated rings.